The molecule has 1 rings (SSSR count). The van der Waals surface area contributed by atoms with Crippen LogP contribution in [0.15, 0.2) is 24.3 Å². The highest BCUT2D eigenvalue weighted by Gasteiger charge is 1.99. The molecule has 1 aromatic rings. The van der Waals surface area contributed by atoms with Gasteiger partial charge in [-0.1, -0.05) is 12.1 Å². The Balaban J connectivity index is 3.00. The van der Waals surface area contributed by atoms with E-state index in [-0.39, 0.29) is 5.56 Å². The number of rotatable bonds is 2. The van der Waals surface area contributed by atoms with Crippen molar-refractivity contribution >= 4 is 12.2 Å². The van der Waals surface area contributed by atoms with Crippen molar-refractivity contribution in [3.63, 3.8) is 0 Å². The first-order chi connectivity index (χ1) is 5.24. The van der Waals surface area contributed by atoms with Crippen molar-refractivity contribution in [2.75, 3.05) is 0 Å². The molecule has 0 aliphatic heterocycles. The van der Waals surface area contributed by atoms with Crippen LogP contribution < -0.4 is 0 Å². The Morgan fingerprint density at radius 1 is 1.36 bits per heavy atom. The molecule has 0 saturated heterocycles. The van der Waals surface area contributed by atoms with Crippen LogP contribution in [0, 0.1) is 5.41 Å². The third kappa shape index (κ3) is 1.64. The van der Waals surface area contributed by atoms with E-state index in [1.54, 1.807) is 12.1 Å². The molecule has 3 nitrogen and oxygen atoms in total. The fraction of sp³-hybridized carbons (Fsp3) is 0. The molecular formula is C8H7NO2. The molecule has 0 atom stereocenters. The van der Waals surface area contributed by atoms with Gasteiger partial charge in [-0.25, -0.2) is 4.79 Å². The predicted molar refractivity (Wildman–Crippen MR) is 41.3 cm³/mol. The van der Waals surface area contributed by atoms with Crippen molar-refractivity contribution < 1.29 is 9.90 Å². The van der Waals surface area contributed by atoms with E-state index in [4.69, 9.17) is 10.5 Å². The van der Waals surface area contributed by atoms with Crippen molar-refractivity contribution in [1.82, 2.24) is 0 Å². The minimum absolute atomic E-state index is 0.246. The second-order valence-electron chi connectivity index (χ2n) is 2.07. The molecule has 0 aliphatic rings. The zero-order valence-electron chi connectivity index (χ0n) is 5.74. The molecule has 2 N–H and O–H groups in total. The Hall–Kier alpha value is -1.64. The maximum absolute atomic E-state index is 10.3. The van der Waals surface area contributed by atoms with Gasteiger partial charge >= 0.3 is 5.97 Å². The summed E-state index contributed by atoms with van der Waals surface area (Å²) in [6.45, 7) is 0. The minimum Gasteiger partial charge on any atom is -0.478 e. The Morgan fingerprint density at radius 2 is 1.91 bits per heavy atom. The third-order valence-corrected chi connectivity index (χ3v) is 1.32. The van der Waals surface area contributed by atoms with Crippen LogP contribution in [0.4, 0.5) is 0 Å². The molecule has 0 bridgehead atoms. The summed E-state index contributed by atoms with van der Waals surface area (Å²) >= 11 is 0. The van der Waals surface area contributed by atoms with E-state index in [1.807, 2.05) is 0 Å². The van der Waals surface area contributed by atoms with Crippen LogP contribution in [0.3, 0.4) is 0 Å². The maximum Gasteiger partial charge on any atom is 0.335 e. The Labute approximate surface area is 63.8 Å². The van der Waals surface area contributed by atoms with Gasteiger partial charge in [-0.2, -0.15) is 0 Å². The van der Waals surface area contributed by atoms with Crippen molar-refractivity contribution in [1.29, 1.82) is 5.41 Å². The maximum atomic E-state index is 10.3. The molecule has 0 saturated carbocycles. The van der Waals surface area contributed by atoms with Gasteiger partial charge in [-0.05, 0) is 17.7 Å². The summed E-state index contributed by atoms with van der Waals surface area (Å²) in [5.41, 5.74) is 0.950. The number of carboxylic acids is 1. The van der Waals surface area contributed by atoms with E-state index in [2.05, 4.69) is 0 Å². The summed E-state index contributed by atoms with van der Waals surface area (Å²) in [7, 11) is 0. The normalized spacial score (nSPS) is 9.09. The van der Waals surface area contributed by atoms with E-state index in [9.17, 15) is 4.79 Å². The van der Waals surface area contributed by atoms with Gasteiger partial charge in [0.1, 0.15) is 0 Å². The van der Waals surface area contributed by atoms with Crippen molar-refractivity contribution in [2.24, 2.45) is 0 Å². The minimum atomic E-state index is -0.943. The first-order valence-corrected chi connectivity index (χ1v) is 3.08. The molecule has 0 radical (unpaired) electrons. The second-order valence-corrected chi connectivity index (χ2v) is 2.07. The van der Waals surface area contributed by atoms with Gasteiger partial charge < -0.3 is 10.5 Å². The summed E-state index contributed by atoms with van der Waals surface area (Å²) in [5.74, 6) is -0.943. The lowest BCUT2D eigenvalue weighted by Crippen LogP contribution is -1.95. The molecule has 11 heavy (non-hydrogen) atoms. The summed E-state index contributed by atoms with van der Waals surface area (Å²) in [6, 6.07) is 6.14. The monoisotopic (exact) mass is 149 g/mol. The number of carbonyl (C=O) groups is 1. The molecule has 0 fully saturated rings. The summed E-state index contributed by atoms with van der Waals surface area (Å²) < 4.78 is 0. The number of benzene rings is 1. The van der Waals surface area contributed by atoms with E-state index in [0.717, 1.165) is 0 Å². The zero-order chi connectivity index (χ0) is 8.27. The van der Waals surface area contributed by atoms with Gasteiger partial charge in [-0.3, -0.25) is 0 Å². The topological polar surface area (TPSA) is 61.2 Å². The molecule has 0 spiro atoms. The van der Waals surface area contributed by atoms with Crippen LogP contribution in [0.1, 0.15) is 15.9 Å². The molecule has 0 aromatic heterocycles. The number of aromatic carboxylic acids is 1. The van der Waals surface area contributed by atoms with E-state index in [1.165, 1.54) is 18.3 Å². The van der Waals surface area contributed by atoms with E-state index < -0.39 is 5.97 Å². The molecule has 1 aromatic carbocycles. The quantitative estimate of drug-likeness (QED) is 0.624. The first kappa shape index (κ1) is 7.47. The van der Waals surface area contributed by atoms with Gasteiger partial charge in [0.15, 0.2) is 0 Å². The predicted octanol–water partition coefficient (Wildman–Crippen LogP) is 1.38. The van der Waals surface area contributed by atoms with E-state index in [0.29, 0.717) is 5.56 Å². The van der Waals surface area contributed by atoms with Gasteiger partial charge in [0.25, 0.3) is 0 Å². The van der Waals surface area contributed by atoms with Gasteiger partial charge in [0.2, 0.25) is 0 Å². The van der Waals surface area contributed by atoms with Gasteiger partial charge in [0.05, 0.1) is 5.56 Å². The van der Waals surface area contributed by atoms with Crippen LogP contribution in [-0.4, -0.2) is 17.3 Å². The molecular weight excluding hydrogens is 142 g/mol. The van der Waals surface area contributed by atoms with Crippen molar-refractivity contribution in [2.45, 2.75) is 0 Å². The highest BCUT2D eigenvalue weighted by atomic mass is 16.4. The molecule has 3 heteroatoms. The highest BCUT2D eigenvalue weighted by molar-refractivity contribution is 5.88. The summed E-state index contributed by atoms with van der Waals surface area (Å²) in [6.07, 6.45) is 1.17. The van der Waals surface area contributed by atoms with Crippen molar-refractivity contribution in [3.05, 3.63) is 35.4 Å². The van der Waals surface area contributed by atoms with Crippen LogP contribution in [0.25, 0.3) is 0 Å². The SMILES string of the molecule is N=Cc1ccc(C(=O)O)cc1. The third-order valence-electron chi connectivity index (χ3n) is 1.32. The average molecular weight is 149 g/mol. The van der Waals surface area contributed by atoms with Crippen LogP contribution >= 0.6 is 0 Å². The van der Waals surface area contributed by atoms with Gasteiger partial charge in [-0.15, -0.1) is 0 Å². The lowest BCUT2D eigenvalue weighted by molar-refractivity contribution is 0.0697. The van der Waals surface area contributed by atoms with Crippen molar-refractivity contribution in [3.8, 4) is 0 Å². The average Bonchev–Trinajstić information content (AvgIpc) is 2.05. The number of hydrogen-bond acceptors (Lipinski definition) is 2. The number of hydrogen-bond donors (Lipinski definition) is 2. The number of nitrogens with one attached hydrogen (secondary N) is 1. The molecule has 0 amide bonds. The standard InChI is InChI=1S/C8H7NO2/c9-5-6-1-3-7(4-2-6)8(10)11/h1-5,9H,(H,10,11). The fourth-order valence-corrected chi connectivity index (χ4v) is 0.722. The lowest BCUT2D eigenvalue weighted by atomic mass is 10.1. The first-order valence-electron chi connectivity index (χ1n) is 3.08. The molecule has 0 heterocycles. The molecule has 0 aliphatic carbocycles. The number of carboxylic acid groups (broad SMARTS) is 1. The van der Waals surface area contributed by atoms with Crippen LogP contribution in [0.2, 0.25) is 0 Å². The smallest absolute Gasteiger partial charge is 0.335 e. The highest BCUT2D eigenvalue weighted by Crippen LogP contribution is 2.01. The van der Waals surface area contributed by atoms with Gasteiger partial charge in [0, 0.05) is 6.21 Å². The van der Waals surface area contributed by atoms with Crippen LogP contribution in [-0.2, 0) is 0 Å². The summed E-state index contributed by atoms with van der Waals surface area (Å²) in [4.78, 5) is 10.3. The lowest BCUT2D eigenvalue weighted by Gasteiger charge is -1.93. The molecule has 56 valence electrons. The van der Waals surface area contributed by atoms with Crippen LogP contribution in [0.5, 0.6) is 0 Å². The van der Waals surface area contributed by atoms with E-state index >= 15 is 0 Å². The zero-order valence-corrected chi connectivity index (χ0v) is 5.74. The Bertz CT molecular complexity index is 277. The fourth-order valence-electron chi connectivity index (χ4n) is 0.722. The summed E-state index contributed by atoms with van der Waals surface area (Å²) in [5, 5.41) is 15.3. The largest absolute Gasteiger partial charge is 0.478 e. The second kappa shape index (κ2) is 2.96. The Morgan fingerprint density at radius 3 is 2.27 bits per heavy atom. The molecule has 0 unspecified atom stereocenters. The Kier molecular flexibility index (Phi) is 2.01.